The second kappa shape index (κ2) is 5.32. The highest BCUT2D eigenvalue weighted by atomic mass is 16.2. The molecule has 0 radical (unpaired) electrons. The number of carbonyl (C=O) groups excluding carboxylic acids is 1. The molecule has 0 spiro atoms. The van der Waals surface area contributed by atoms with Gasteiger partial charge in [-0.05, 0) is 18.6 Å². The molecule has 3 rings (SSSR count). The summed E-state index contributed by atoms with van der Waals surface area (Å²) < 4.78 is 0. The van der Waals surface area contributed by atoms with Gasteiger partial charge in [-0.3, -0.25) is 9.89 Å². The Balaban J connectivity index is 1.94. The van der Waals surface area contributed by atoms with Crippen LogP contribution in [-0.2, 0) is 6.42 Å². The first kappa shape index (κ1) is 12.7. The van der Waals surface area contributed by atoms with Crippen molar-refractivity contribution in [1.82, 2.24) is 15.2 Å². The summed E-state index contributed by atoms with van der Waals surface area (Å²) >= 11 is 0. The van der Waals surface area contributed by atoms with Crippen molar-refractivity contribution in [3.05, 3.63) is 35.9 Å². The normalized spacial score (nSPS) is 14.3. The summed E-state index contributed by atoms with van der Waals surface area (Å²) in [5.41, 5.74) is 1.86. The van der Waals surface area contributed by atoms with E-state index in [1.54, 1.807) is 4.90 Å². The van der Waals surface area contributed by atoms with Gasteiger partial charge in [0.2, 0.25) is 5.82 Å². The van der Waals surface area contributed by atoms with Gasteiger partial charge in [0, 0.05) is 19.5 Å². The summed E-state index contributed by atoms with van der Waals surface area (Å²) in [6, 6.07) is 7.82. The average Bonchev–Trinajstić information content (AvgIpc) is 2.86. The molecule has 0 aliphatic carbocycles. The quantitative estimate of drug-likeness (QED) is 0.874. The summed E-state index contributed by atoms with van der Waals surface area (Å²) in [6.45, 7) is 3.49. The molecule has 2 aromatic rings. The molecule has 0 saturated heterocycles. The van der Waals surface area contributed by atoms with Crippen LogP contribution in [-0.4, -0.2) is 34.2 Å². The topological polar surface area (TPSA) is 73.9 Å². The largest absolute Gasteiger partial charge is 0.383 e. The third-order valence-electron chi connectivity index (χ3n) is 3.37. The van der Waals surface area contributed by atoms with E-state index in [9.17, 15) is 4.79 Å². The fourth-order valence-electron chi connectivity index (χ4n) is 2.32. The van der Waals surface area contributed by atoms with Crippen molar-refractivity contribution >= 4 is 17.3 Å². The van der Waals surface area contributed by atoms with E-state index in [1.807, 2.05) is 31.2 Å². The molecule has 1 aliphatic rings. The van der Waals surface area contributed by atoms with Crippen LogP contribution < -0.4 is 10.2 Å². The predicted molar refractivity (Wildman–Crippen MR) is 77.0 cm³/mol. The lowest BCUT2D eigenvalue weighted by atomic mass is 10.2. The van der Waals surface area contributed by atoms with Crippen molar-refractivity contribution in [3.8, 4) is 0 Å². The Kier molecular flexibility index (Phi) is 3.37. The number of nitrogens with zero attached hydrogens (tertiary/aromatic N) is 3. The molecular weight excluding hydrogens is 254 g/mol. The van der Waals surface area contributed by atoms with Crippen LogP contribution in [0.1, 0.15) is 29.8 Å². The van der Waals surface area contributed by atoms with Crippen molar-refractivity contribution in [2.75, 3.05) is 23.3 Å². The second-order valence-electron chi connectivity index (χ2n) is 4.71. The van der Waals surface area contributed by atoms with Crippen molar-refractivity contribution in [1.29, 1.82) is 0 Å². The summed E-state index contributed by atoms with van der Waals surface area (Å²) in [4.78, 5) is 18.6. The summed E-state index contributed by atoms with van der Waals surface area (Å²) in [5, 5.41) is 10.1. The van der Waals surface area contributed by atoms with Gasteiger partial charge in [-0.1, -0.05) is 19.1 Å². The van der Waals surface area contributed by atoms with Gasteiger partial charge >= 0.3 is 0 Å². The predicted octanol–water partition coefficient (Wildman–Crippen LogP) is 1.83. The minimum atomic E-state index is -0.155. The van der Waals surface area contributed by atoms with Crippen LogP contribution in [0.2, 0.25) is 0 Å². The molecule has 0 bridgehead atoms. The lowest BCUT2D eigenvalue weighted by Gasteiger charge is -2.20. The molecule has 0 saturated carbocycles. The number of nitrogens with one attached hydrogen (secondary N) is 2. The molecule has 6 nitrogen and oxygen atoms in total. The molecule has 2 N–H and O–H groups in total. The van der Waals surface area contributed by atoms with Gasteiger partial charge in [0.1, 0.15) is 5.82 Å². The SMILES string of the molecule is CCc1nc(C(=O)N2CCCNc3ccccc32)n[nH]1. The van der Waals surface area contributed by atoms with Crippen molar-refractivity contribution in [2.45, 2.75) is 19.8 Å². The van der Waals surface area contributed by atoms with Gasteiger partial charge in [-0.2, -0.15) is 0 Å². The molecule has 0 atom stereocenters. The monoisotopic (exact) mass is 271 g/mol. The number of aryl methyl sites for hydroxylation is 1. The van der Waals surface area contributed by atoms with E-state index in [1.165, 1.54) is 0 Å². The molecule has 1 aromatic heterocycles. The van der Waals surface area contributed by atoms with Crippen molar-refractivity contribution in [3.63, 3.8) is 0 Å². The molecule has 1 amide bonds. The molecule has 0 unspecified atom stereocenters. The zero-order chi connectivity index (χ0) is 13.9. The number of aromatic nitrogens is 3. The Morgan fingerprint density at radius 1 is 1.40 bits per heavy atom. The smallest absolute Gasteiger partial charge is 0.297 e. The van der Waals surface area contributed by atoms with Crippen LogP contribution in [0.25, 0.3) is 0 Å². The van der Waals surface area contributed by atoms with E-state index >= 15 is 0 Å². The highest BCUT2D eigenvalue weighted by molar-refractivity contribution is 6.05. The number of aromatic amines is 1. The van der Waals surface area contributed by atoms with Crippen LogP contribution in [0.3, 0.4) is 0 Å². The highest BCUT2D eigenvalue weighted by Gasteiger charge is 2.24. The molecule has 6 heteroatoms. The lowest BCUT2D eigenvalue weighted by molar-refractivity contribution is 0.0977. The van der Waals surface area contributed by atoms with Gasteiger partial charge in [-0.25, -0.2) is 4.98 Å². The number of hydrogen-bond acceptors (Lipinski definition) is 4. The number of H-pyrrole nitrogens is 1. The van der Waals surface area contributed by atoms with Crippen LogP contribution in [0.5, 0.6) is 0 Å². The van der Waals surface area contributed by atoms with Gasteiger partial charge < -0.3 is 10.2 Å². The molecule has 1 aromatic carbocycles. The van der Waals surface area contributed by atoms with E-state index in [4.69, 9.17) is 0 Å². The first-order chi connectivity index (χ1) is 9.79. The summed E-state index contributed by atoms with van der Waals surface area (Å²) in [5.74, 6) is 0.810. The number of rotatable bonds is 2. The maximum absolute atomic E-state index is 12.6. The zero-order valence-electron chi connectivity index (χ0n) is 11.4. The Labute approximate surface area is 117 Å². The van der Waals surface area contributed by atoms with E-state index in [0.29, 0.717) is 6.54 Å². The van der Waals surface area contributed by atoms with Crippen molar-refractivity contribution < 1.29 is 4.79 Å². The van der Waals surface area contributed by atoms with Crippen LogP contribution in [0, 0.1) is 0 Å². The molecule has 1 aliphatic heterocycles. The number of anilines is 2. The van der Waals surface area contributed by atoms with Crippen LogP contribution in [0.15, 0.2) is 24.3 Å². The first-order valence-electron chi connectivity index (χ1n) is 6.85. The minimum absolute atomic E-state index is 0.155. The number of fused-ring (bicyclic) bond motifs is 1. The third-order valence-corrected chi connectivity index (χ3v) is 3.37. The standard InChI is InChI=1S/C14H17N5O/c1-2-12-16-13(18-17-12)14(20)19-9-5-8-15-10-6-3-4-7-11(10)19/h3-4,6-7,15H,2,5,8-9H2,1H3,(H,16,17,18). The average molecular weight is 271 g/mol. The Hall–Kier alpha value is -2.37. The van der Waals surface area contributed by atoms with E-state index in [0.717, 1.165) is 36.6 Å². The Morgan fingerprint density at radius 3 is 3.05 bits per heavy atom. The van der Waals surface area contributed by atoms with E-state index in [2.05, 4.69) is 20.5 Å². The number of benzene rings is 1. The van der Waals surface area contributed by atoms with Gasteiger partial charge in [0.15, 0.2) is 0 Å². The third kappa shape index (κ3) is 2.24. The van der Waals surface area contributed by atoms with Gasteiger partial charge in [-0.15, -0.1) is 5.10 Å². The summed E-state index contributed by atoms with van der Waals surface area (Å²) in [7, 11) is 0. The zero-order valence-corrected chi connectivity index (χ0v) is 11.4. The maximum Gasteiger partial charge on any atom is 0.297 e. The first-order valence-corrected chi connectivity index (χ1v) is 6.85. The van der Waals surface area contributed by atoms with Crippen LogP contribution in [0.4, 0.5) is 11.4 Å². The molecule has 2 heterocycles. The summed E-state index contributed by atoms with van der Waals surface area (Å²) in [6.07, 6.45) is 1.63. The fourth-order valence-corrected chi connectivity index (χ4v) is 2.32. The molecular formula is C14H17N5O. The van der Waals surface area contributed by atoms with E-state index in [-0.39, 0.29) is 11.7 Å². The fraction of sp³-hybridized carbons (Fsp3) is 0.357. The number of carbonyl (C=O) groups is 1. The van der Waals surface area contributed by atoms with Gasteiger partial charge in [0.25, 0.3) is 5.91 Å². The molecule has 20 heavy (non-hydrogen) atoms. The van der Waals surface area contributed by atoms with Crippen LogP contribution >= 0.6 is 0 Å². The second-order valence-corrected chi connectivity index (χ2v) is 4.71. The molecule has 0 fully saturated rings. The maximum atomic E-state index is 12.6. The van der Waals surface area contributed by atoms with E-state index < -0.39 is 0 Å². The Morgan fingerprint density at radius 2 is 2.25 bits per heavy atom. The number of para-hydroxylation sites is 2. The molecule has 104 valence electrons. The lowest BCUT2D eigenvalue weighted by Crippen LogP contribution is -2.32. The Bertz CT molecular complexity index is 622. The highest BCUT2D eigenvalue weighted by Crippen LogP contribution is 2.28. The number of hydrogen-bond donors (Lipinski definition) is 2. The number of amides is 1. The van der Waals surface area contributed by atoms with Gasteiger partial charge in [0.05, 0.1) is 11.4 Å². The van der Waals surface area contributed by atoms with Crippen molar-refractivity contribution in [2.24, 2.45) is 0 Å². The minimum Gasteiger partial charge on any atom is -0.383 e.